The number of carboxylic acid groups (broad SMARTS) is 1. The number of carbonyl (C=O) groups is 1. The summed E-state index contributed by atoms with van der Waals surface area (Å²) in [6.07, 6.45) is -4.43. The Bertz CT molecular complexity index is 448. The van der Waals surface area contributed by atoms with E-state index in [2.05, 4.69) is 9.72 Å². The van der Waals surface area contributed by atoms with Gasteiger partial charge in [-0.1, -0.05) is 0 Å². The lowest BCUT2D eigenvalue weighted by atomic mass is 10.1. The van der Waals surface area contributed by atoms with Gasteiger partial charge in [0.15, 0.2) is 5.75 Å². The maximum Gasteiger partial charge on any atom is 0.573 e. The van der Waals surface area contributed by atoms with Gasteiger partial charge in [-0.25, -0.2) is 9.78 Å². The van der Waals surface area contributed by atoms with Gasteiger partial charge in [0.1, 0.15) is 11.4 Å². The number of pyridine rings is 1. The van der Waals surface area contributed by atoms with Crippen LogP contribution in [0.25, 0.3) is 0 Å². The zero-order chi connectivity index (χ0) is 13.2. The first-order valence-corrected chi connectivity index (χ1v) is 4.22. The SMILES string of the molecule is NCc1c(N)ncc(OC(F)(F)F)c1C(=O)O. The molecular weight excluding hydrogens is 243 g/mol. The second-order valence-corrected chi connectivity index (χ2v) is 2.92. The minimum absolute atomic E-state index is 0.209. The highest BCUT2D eigenvalue weighted by atomic mass is 19.4. The van der Waals surface area contributed by atoms with E-state index < -0.39 is 23.6 Å². The molecule has 0 aliphatic carbocycles. The van der Waals surface area contributed by atoms with E-state index in [1.807, 2.05) is 0 Å². The maximum absolute atomic E-state index is 12.0. The average molecular weight is 251 g/mol. The van der Waals surface area contributed by atoms with E-state index in [0.717, 1.165) is 0 Å². The van der Waals surface area contributed by atoms with Crippen LogP contribution in [0, 0.1) is 0 Å². The summed E-state index contributed by atoms with van der Waals surface area (Å²) >= 11 is 0. The largest absolute Gasteiger partial charge is 0.573 e. The molecule has 0 saturated heterocycles. The highest BCUT2D eigenvalue weighted by Gasteiger charge is 2.34. The Hall–Kier alpha value is -2.03. The van der Waals surface area contributed by atoms with Crippen molar-refractivity contribution in [2.45, 2.75) is 12.9 Å². The summed E-state index contributed by atoms with van der Waals surface area (Å²) in [6.45, 7) is -0.366. The summed E-state index contributed by atoms with van der Waals surface area (Å²) < 4.78 is 39.6. The number of nitrogen functional groups attached to an aromatic ring is 1. The molecule has 6 nitrogen and oxygen atoms in total. The van der Waals surface area contributed by atoms with Gasteiger partial charge in [-0.15, -0.1) is 13.2 Å². The normalized spacial score (nSPS) is 11.3. The second-order valence-electron chi connectivity index (χ2n) is 2.92. The minimum Gasteiger partial charge on any atom is -0.478 e. The van der Waals surface area contributed by atoms with Gasteiger partial charge in [0.05, 0.1) is 6.20 Å². The Morgan fingerprint density at radius 3 is 2.53 bits per heavy atom. The molecule has 0 radical (unpaired) electrons. The van der Waals surface area contributed by atoms with Gasteiger partial charge in [0, 0.05) is 12.1 Å². The average Bonchev–Trinajstić information content (AvgIpc) is 2.17. The Morgan fingerprint density at radius 1 is 1.53 bits per heavy atom. The molecule has 0 spiro atoms. The third kappa shape index (κ3) is 2.97. The Balaban J connectivity index is 3.36. The number of alkyl halides is 3. The number of hydrogen-bond donors (Lipinski definition) is 3. The standard InChI is InChI=1S/C8H8F3N3O3/c9-8(10,11)17-4-2-14-6(13)3(1-12)5(4)7(15)16/h2H,1,12H2,(H2,13,14)(H,15,16). The smallest absolute Gasteiger partial charge is 0.478 e. The summed E-state index contributed by atoms with van der Waals surface area (Å²) in [5, 5.41) is 8.81. The number of nitrogens with two attached hydrogens (primary N) is 2. The number of nitrogens with zero attached hydrogens (tertiary/aromatic N) is 1. The van der Waals surface area contributed by atoms with Crippen LogP contribution in [0.3, 0.4) is 0 Å². The summed E-state index contributed by atoms with van der Waals surface area (Å²) in [4.78, 5) is 14.2. The molecule has 1 aromatic rings. The van der Waals surface area contributed by atoms with Gasteiger partial charge in [0.25, 0.3) is 0 Å². The fraction of sp³-hybridized carbons (Fsp3) is 0.250. The molecule has 9 heteroatoms. The fourth-order valence-electron chi connectivity index (χ4n) is 1.19. The van der Waals surface area contributed by atoms with Crippen LogP contribution in [-0.4, -0.2) is 22.4 Å². The third-order valence-electron chi connectivity index (χ3n) is 1.82. The summed E-state index contributed by atoms with van der Waals surface area (Å²) in [5.74, 6) is -2.82. The van der Waals surface area contributed by atoms with Gasteiger partial charge in [-0.05, 0) is 0 Å². The van der Waals surface area contributed by atoms with Crippen LogP contribution in [0.15, 0.2) is 6.20 Å². The van der Waals surface area contributed by atoms with E-state index >= 15 is 0 Å². The molecule has 0 aliphatic heterocycles. The lowest BCUT2D eigenvalue weighted by Gasteiger charge is -2.14. The van der Waals surface area contributed by atoms with Gasteiger partial charge >= 0.3 is 12.3 Å². The summed E-state index contributed by atoms with van der Waals surface area (Å²) in [7, 11) is 0. The molecule has 0 amide bonds. The van der Waals surface area contributed by atoms with E-state index in [1.54, 1.807) is 0 Å². The van der Waals surface area contributed by atoms with Crippen LogP contribution in [0.2, 0.25) is 0 Å². The lowest BCUT2D eigenvalue weighted by Crippen LogP contribution is -2.21. The zero-order valence-electron chi connectivity index (χ0n) is 8.28. The quantitative estimate of drug-likeness (QED) is 0.729. The molecule has 1 heterocycles. The number of rotatable bonds is 3. The zero-order valence-corrected chi connectivity index (χ0v) is 8.28. The fourth-order valence-corrected chi connectivity index (χ4v) is 1.19. The first kappa shape index (κ1) is 13.0. The van der Waals surface area contributed by atoms with Crippen molar-refractivity contribution in [2.75, 3.05) is 5.73 Å². The van der Waals surface area contributed by atoms with Gasteiger partial charge in [-0.3, -0.25) is 0 Å². The highest BCUT2D eigenvalue weighted by molar-refractivity contribution is 5.93. The molecule has 0 fully saturated rings. The van der Waals surface area contributed by atoms with Crippen molar-refractivity contribution in [1.82, 2.24) is 4.98 Å². The van der Waals surface area contributed by atoms with E-state index in [1.165, 1.54) is 0 Å². The van der Waals surface area contributed by atoms with Gasteiger partial charge < -0.3 is 21.3 Å². The first-order chi connectivity index (χ1) is 7.76. The Kier molecular flexibility index (Phi) is 3.42. The molecule has 1 aromatic heterocycles. The molecule has 17 heavy (non-hydrogen) atoms. The number of ether oxygens (including phenoxy) is 1. The molecule has 0 atom stereocenters. The van der Waals surface area contributed by atoms with Crippen molar-refractivity contribution < 1.29 is 27.8 Å². The number of aromatic carboxylic acids is 1. The third-order valence-corrected chi connectivity index (χ3v) is 1.82. The summed E-state index contributed by atoms with van der Waals surface area (Å²) in [5.41, 5.74) is 9.57. The van der Waals surface area contributed by atoms with E-state index in [9.17, 15) is 18.0 Å². The molecule has 0 unspecified atom stereocenters. The molecule has 94 valence electrons. The Labute approximate surface area is 93.0 Å². The van der Waals surface area contributed by atoms with Crippen molar-refractivity contribution in [2.24, 2.45) is 5.73 Å². The number of carboxylic acids is 1. The van der Waals surface area contributed by atoms with Crippen LogP contribution in [0.1, 0.15) is 15.9 Å². The number of anilines is 1. The number of aromatic nitrogens is 1. The molecule has 1 rings (SSSR count). The van der Waals surface area contributed by atoms with E-state index in [-0.39, 0.29) is 17.9 Å². The molecule has 0 saturated carbocycles. The number of halogens is 3. The predicted molar refractivity (Wildman–Crippen MR) is 50.2 cm³/mol. The van der Waals surface area contributed by atoms with Crippen LogP contribution >= 0.6 is 0 Å². The minimum atomic E-state index is -5.02. The molecular formula is C8H8F3N3O3. The second kappa shape index (κ2) is 4.45. The lowest BCUT2D eigenvalue weighted by molar-refractivity contribution is -0.274. The van der Waals surface area contributed by atoms with Crippen LogP contribution in [0.4, 0.5) is 19.0 Å². The van der Waals surface area contributed by atoms with E-state index in [4.69, 9.17) is 16.6 Å². The monoisotopic (exact) mass is 251 g/mol. The molecule has 0 aromatic carbocycles. The van der Waals surface area contributed by atoms with Crippen molar-refractivity contribution in [3.05, 3.63) is 17.3 Å². The van der Waals surface area contributed by atoms with Crippen LogP contribution in [0.5, 0.6) is 5.75 Å². The van der Waals surface area contributed by atoms with Crippen LogP contribution < -0.4 is 16.2 Å². The number of hydrogen-bond acceptors (Lipinski definition) is 5. The highest BCUT2D eigenvalue weighted by Crippen LogP contribution is 2.29. The van der Waals surface area contributed by atoms with Crippen LogP contribution in [-0.2, 0) is 6.54 Å². The van der Waals surface area contributed by atoms with Crippen molar-refractivity contribution in [3.8, 4) is 5.75 Å². The van der Waals surface area contributed by atoms with Crippen molar-refractivity contribution >= 4 is 11.8 Å². The molecule has 0 bridgehead atoms. The van der Waals surface area contributed by atoms with Gasteiger partial charge in [-0.2, -0.15) is 0 Å². The van der Waals surface area contributed by atoms with E-state index in [0.29, 0.717) is 6.20 Å². The first-order valence-electron chi connectivity index (χ1n) is 4.22. The Morgan fingerprint density at radius 2 is 2.12 bits per heavy atom. The van der Waals surface area contributed by atoms with Crippen molar-refractivity contribution in [3.63, 3.8) is 0 Å². The maximum atomic E-state index is 12.0. The summed E-state index contributed by atoms with van der Waals surface area (Å²) in [6, 6.07) is 0. The van der Waals surface area contributed by atoms with Gasteiger partial charge in [0.2, 0.25) is 0 Å². The topological polar surface area (TPSA) is 111 Å². The molecule has 5 N–H and O–H groups in total. The molecule has 0 aliphatic rings. The van der Waals surface area contributed by atoms with Crippen molar-refractivity contribution in [1.29, 1.82) is 0 Å². The predicted octanol–water partition coefficient (Wildman–Crippen LogP) is 0.719.